The zero-order valence-electron chi connectivity index (χ0n) is 14.6. The predicted molar refractivity (Wildman–Crippen MR) is 98.9 cm³/mol. The molecule has 1 aromatic carbocycles. The van der Waals surface area contributed by atoms with Gasteiger partial charge in [-0.2, -0.15) is 10.2 Å². The molecular formula is C19H20N6O. The van der Waals surface area contributed by atoms with Gasteiger partial charge in [-0.1, -0.05) is 6.07 Å². The minimum absolute atomic E-state index is 0.0919. The van der Waals surface area contributed by atoms with Crippen LogP contribution in [0, 0.1) is 6.92 Å². The standard InChI is InChI=1S/C19H20N6O/c1-13-10-15-17(5-2-6-18(15)24-23-13)22-19(26)25-9-3-4-14(11-25)16-7-8-20-12-21-16/h2,5-8,10,12,14H,3-4,9,11H2,1H3,(H,22,26)/t14-/m0/s1. The first-order chi connectivity index (χ1) is 12.7. The van der Waals surface area contributed by atoms with Gasteiger partial charge in [-0.25, -0.2) is 14.8 Å². The largest absolute Gasteiger partial charge is 0.324 e. The summed E-state index contributed by atoms with van der Waals surface area (Å²) < 4.78 is 0. The minimum Gasteiger partial charge on any atom is -0.324 e. The van der Waals surface area contributed by atoms with Crippen LogP contribution in [0.5, 0.6) is 0 Å². The van der Waals surface area contributed by atoms with Gasteiger partial charge in [-0.15, -0.1) is 0 Å². The Morgan fingerprint density at radius 3 is 3.04 bits per heavy atom. The molecule has 0 aliphatic carbocycles. The molecule has 1 N–H and O–H groups in total. The number of anilines is 1. The molecule has 0 unspecified atom stereocenters. The number of rotatable bonds is 2. The second-order valence-corrected chi connectivity index (χ2v) is 6.57. The minimum atomic E-state index is -0.0919. The molecule has 1 saturated heterocycles. The summed E-state index contributed by atoms with van der Waals surface area (Å²) in [5.74, 6) is 0.248. The summed E-state index contributed by atoms with van der Waals surface area (Å²) in [5, 5.41) is 12.2. The summed E-state index contributed by atoms with van der Waals surface area (Å²) >= 11 is 0. The molecular weight excluding hydrogens is 328 g/mol. The van der Waals surface area contributed by atoms with Gasteiger partial charge >= 0.3 is 6.03 Å². The molecule has 7 heteroatoms. The van der Waals surface area contributed by atoms with Crippen LogP contribution >= 0.6 is 0 Å². The lowest BCUT2D eigenvalue weighted by Gasteiger charge is -2.32. The summed E-state index contributed by atoms with van der Waals surface area (Å²) in [6, 6.07) is 9.44. The SMILES string of the molecule is Cc1cc2c(NC(=O)N3CCC[C@H](c4ccncn4)C3)cccc2nn1. The molecule has 7 nitrogen and oxygen atoms in total. The second-order valence-electron chi connectivity index (χ2n) is 6.57. The van der Waals surface area contributed by atoms with Crippen LogP contribution in [-0.2, 0) is 0 Å². The van der Waals surface area contributed by atoms with Gasteiger partial charge in [0.2, 0.25) is 0 Å². The number of aromatic nitrogens is 4. The van der Waals surface area contributed by atoms with E-state index in [0.29, 0.717) is 6.54 Å². The molecule has 26 heavy (non-hydrogen) atoms. The van der Waals surface area contributed by atoms with Crippen molar-refractivity contribution < 1.29 is 4.79 Å². The van der Waals surface area contributed by atoms with E-state index >= 15 is 0 Å². The topological polar surface area (TPSA) is 83.9 Å². The van der Waals surface area contributed by atoms with Gasteiger partial charge in [-0.05, 0) is 44.0 Å². The number of carbonyl (C=O) groups is 1. The van der Waals surface area contributed by atoms with E-state index in [1.807, 2.05) is 42.2 Å². The van der Waals surface area contributed by atoms with Gasteiger partial charge in [0.15, 0.2) is 0 Å². The fraction of sp³-hybridized carbons (Fsp3) is 0.316. The number of aryl methyl sites for hydroxylation is 1. The average Bonchev–Trinajstić information content (AvgIpc) is 2.69. The fourth-order valence-electron chi connectivity index (χ4n) is 3.41. The van der Waals surface area contributed by atoms with Gasteiger partial charge in [0.1, 0.15) is 6.33 Å². The molecule has 0 radical (unpaired) electrons. The number of hydrogen-bond donors (Lipinski definition) is 1. The highest BCUT2D eigenvalue weighted by Crippen LogP contribution is 2.27. The van der Waals surface area contributed by atoms with Crippen molar-refractivity contribution in [1.82, 2.24) is 25.1 Å². The van der Waals surface area contributed by atoms with E-state index in [4.69, 9.17) is 0 Å². The van der Waals surface area contributed by atoms with Crippen molar-refractivity contribution in [2.24, 2.45) is 0 Å². The zero-order chi connectivity index (χ0) is 17.9. The van der Waals surface area contributed by atoms with Crippen molar-refractivity contribution in [2.75, 3.05) is 18.4 Å². The van der Waals surface area contributed by atoms with E-state index in [2.05, 4.69) is 25.5 Å². The molecule has 3 aromatic rings. The maximum atomic E-state index is 12.8. The molecule has 1 aliphatic heterocycles. The monoisotopic (exact) mass is 348 g/mol. The number of benzene rings is 1. The average molecular weight is 348 g/mol. The summed E-state index contributed by atoms with van der Waals surface area (Å²) in [4.78, 5) is 23.0. The van der Waals surface area contributed by atoms with E-state index in [0.717, 1.165) is 47.4 Å². The fourth-order valence-corrected chi connectivity index (χ4v) is 3.41. The van der Waals surface area contributed by atoms with E-state index in [9.17, 15) is 4.79 Å². The first-order valence-electron chi connectivity index (χ1n) is 8.75. The van der Waals surface area contributed by atoms with Crippen LogP contribution in [-0.4, -0.2) is 44.2 Å². The quantitative estimate of drug-likeness (QED) is 0.769. The Morgan fingerprint density at radius 2 is 2.19 bits per heavy atom. The van der Waals surface area contributed by atoms with Gasteiger partial charge in [-0.3, -0.25) is 0 Å². The normalized spacial score (nSPS) is 17.3. The number of amides is 2. The number of urea groups is 1. The van der Waals surface area contributed by atoms with E-state index in [1.165, 1.54) is 0 Å². The number of piperidine rings is 1. The van der Waals surface area contributed by atoms with Crippen molar-refractivity contribution >= 4 is 22.6 Å². The van der Waals surface area contributed by atoms with Crippen molar-refractivity contribution in [2.45, 2.75) is 25.7 Å². The molecule has 0 bridgehead atoms. The Bertz CT molecular complexity index is 930. The Morgan fingerprint density at radius 1 is 1.27 bits per heavy atom. The summed E-state index contributed by atoms with van der Waals surface area (Å²) in [6.07, 6.45) is 5.31. The third-order valence-electron chi connectivity index (χ3n) is 4.73. The highest BCUT2D eigenvalue weighted by atomic mass is 16.2. The van der Waals surface area contributed by atoms with Crippen molar-refractivity contribution in [3.63, 3.8) is 0 Å². The first-order valence-corrected chi connectivity index (χ1v) is 8.75. The highest BCUT2D eigenvalue weighted by Gasteiger charge is 2.25. The van der Waals surface area contributed by atoms with Crippen LogP contribution in [0.25, 0.3) is 10.9 Å². The first kappa shape index (κ1) is 16.4. The lowest BCUT2D eigenvalue weighted by Crippen LogP contribution is -2.41. The molecule has 2 amide bonds. The summed E-state index contributed by atoms with van der Waals surface area (Å²) in [7, 11) is 0. The Kier molecular flexibility index (Phi) is 4.43. The van der Waals surface area contributed by atoms with Gasteiger partial charge < -0.3 is 10.2 Å². The number of nitrogens with zero attached hydrogens (tertiary/aromatic N) is 5. The van der Waals surface area contributed by atoms with Gasteiger partial charge in [0, 0.05) is 36.3 Å². The number of carbonyl (C=O) groups excluding carboxylic acids is 1. The molecule has 1 aliphatic rings. The van der Waals surface area contributed by atoms with Crippen LogP contribution in [0.15, 0.2) is 42.9 Å². The third-order valence-corrected chi connectivity index (χ3v) is 4.73. The van der Waals surface area contributed by atoms with Crippen molar-refractivity contribution in [1.29, 1.82) is 0 Å². The molecule has 0 saturated carbocycles. The van der Waals surface area contributed by atoms with Gasteiger partial charge in [0.25, 0.3) is 0 Å². The number of likely N-dealkylation sites (tertiary alicyclic amines) is 1. The number of hydrogen-bond acceptors (Lipinski definition) is 5. The molecule has 1 atom stereocenters. The third kappa shape index (κ3) is 3.33. The van der Waals surface area contributed by atoms with Crippen molar-refractivity contribution in [3.05, 3.63) is 54.2 Å². The molecule has 2 aromatic heterocycles. The summed E-state index contributed by atoms with van der Waals surface area (Å²) in [5.41, 5.74) is 3.34. The highest BCUT2D eigenvalue weighted by molar-refractivity contribution is 6.00. The smallest absolute Gasteiger partial charge is 0.321 e. The van der Waals surface area contributed by atoms with Crippen LogP contribution in [0.2, 0.25) is 0 Å². The van der Waals surface area contributed by atoms with Crippen LogP contribution in [0.4, 0.5) is 10.5 Å². The lowest BCUT2D eigenvalue weighted by molar-refractivity contribution is 0.192. The van der Waals surface area contributed by atoms with E-state index in [-0.39, 0.29) is 11.9 Å². The Hall–Kier alpha value is -3.09. The molecule has 0 spiro atoms. The number of fused-ring (bicyclic) bond motifs is 1. The molecule has 3 heterocycles. The van der Waals surface area contributed by atoms with Gasteiger partial charge in [0.05, 0.1) is 16.9 Å². The zero-order valence-corrected chi connectivity index (χ0v) is 14.6. The maximum absolute atomic E-state index is 12.8. The summed E-state index contributed by atoms with van der Waals surface area (Å²) in [6.45, 7) is 3.30. The second kappa shape index (κ2) is 7.03. The van der Waals surface area contributed by atoms with Crippen LogP contribution < -0.4 is 5.32 Å². The lowest BCUT2D eigenvalue weighted by atomic mass is 9.95. The number of nitrogens with one attached hydrogen (secondary N) is 1. The predicted octanol–water partition coefficient (Wildman–Crippen LogP) is 3.14. The Labute approximate surface area is 151 Å². The van der Waals surface area contributed by atoms with E-state index < -0.39 is 0 Å². The van der Waals surface area contributed by atoms with Crippen molar-refractivity contribution in [3.8, 4) is 0 Å². The molecule has 132 valence electrons. The molecule has 4 rings (SSSR count). The molecule has 1 fully saturated rings. The van der Waals surface area contributed by atoms with E-state index in [1.54, 1.807) is 12.5 Å². The van der Waals surface area contributed by atoms with Crippen LogP contribution in [0.3, 0.4) is 0 Å². The van der Waals surface area contributed by atoms with Crippen LogP contribution in [0.1, 0.15) is 30.1 Å². The maximum Gasteiger partial charge on any atom is 0.321 e. The Balaban J connectivity index is 1.52.